The maximum atomic E-state index is 11.3. The van der Waals surface area contributed by atoms with Crippen LogP contribution in [0.2, 0.25) is 0 Å². The summed E-state index contributed by atoms with van der Waals surface area (Å²) < 4.78 is 5.63. The summed E-state index contributed by atoms with van der Waals surface area (Å²) in [6.45, 7) is 8.31. The number of nitrogens with zero attached hydrogens (tertiary/aromatic N) is 2. The van der Waals surface area contributed by atoms with Gasteiger partial charge in [0.05, 0.1) is 12.1 Å². The van der Waals surface area contributed by atoms with Crippen LogP contribution < -0.4 is 0 Å². The van der Waals surface area contributed by atoms with E-state index in [1.54, 1.807) is 19.1 Å². The summed E-state index contributed by atoms with van der Waals surface area (Å²) in [4.78, 5) is 17.8. The van der Waals surface area contributed by atoms with Gasteiger partial charge in [-0.15, -0.1) is 0 Å². The molecule has 0 radical (unpaired) electrons. The van der Waals surface area contributed by atoms with Crippen LogP contribution in [0.25, 0.3) is 11.1 Å². The Bertz CT molecular complexity index is 600. The number of carbonyl (C=O) groups is 1. The zero-order chi connectivity index (χ0) is 14.0. The molecule has 0 aliphatic heterocycles. The van der Waals surface area contributed by atoms with Crippen molar-refractivity contribution in [1.82, 2.24) is 9.88 Å². The number of aromatic nitrogens is 1. The van der Waals surface area contributed by atoms with Gasteiger partial charge in [0, 0.05) is 0 Å². The Morgan fingerprint density at radius 3 is 2.63 bits per heavy atom. The number of benzene rings is 1. The van der Waals surface area contributed by atoms with Crippen molar-refractivity contribution >= 4 is 17.1 Å². The maximum absolute atomic E-state index is 11.3. The van der Waals surface area contributed by atoms with Gasteiger partial charge in [-0.1, -0.05) is 19.9 Å². The van der Waals surface area contributed by atoms with E-state index in [0.29, 0.717) is 29.1 Å². The van der Waals surface area contributed by atoms with Gasteiger partial charge in [-0.2, -0.15) is 0 Å². The van der Waals surface area contributed by atoms with Crippen molar-refractivity contribution in [2.24, 2.45) is 0 Å². The molecule has 102 valence electrons. The van der Waals surface area contributed by atoms with Crippen LogP contribution in [0.3, 0.4) is 0 Å². The van der Waals surface area contributed by atoms with Gasteiger partial charge < -0.3 is 9.52 Å². The molecule has 0 amide bonds. The van der Waals surface area contributed by atoms with Gasteiger partial charge in [0.1, 0.15) is 5.52 Å². The Labute approximate surface area is 111 Å². The van der Waals surface area contributed by atoms with Gasteiger partial charge in [0.25, 0.3) is 0 Å². The molecule has 2 rings (SSSR count). The Morgan fingerprint density at radius 2 is 2.05 bits per heavy atom. The van der Waals surface area contributed by atoms with Crippen LogP contribution in [0.5, 0.6) is 0 Å². The third-order valence-corrected chi connectivity index (χ3v) is 3.28. The van der Waals surface area contributed by atoms with Crippen LogP contribution in [0, 0.1) is 6.92 Å². The Hall–Kier alpha value is -1.88. The number of carboxylic acid groups (broad SMARTS) is 1. The first-order chi connectivity index (χ1) is 9.06. The first-order valence-electron chi connectivity index (χ1n) is 6.41. The molecule has 0 bridgehead atoms. The third kappa shape index (κ3) is 2.61. The van der Waals surface area contributed by atoms with E-state index in [1.807, 2.05) is 0 Å². The summed E-state index contributed by atoms with van der Waals surface area (Å²) in [5.74, 6) is -0.405. The molecule has 5 nitrogen and oxygen atoms in total. The molecule has 0 unspecified atom stereocenters. The van der Waals surface area contributed by atoms with E-state index < -0.39 is 5.97 Å². The molecule has 1 N–H and O–H groups in total. The quantitative estimate of drug-likeness (QED) is 0.897. The topological polar surface area (TPSA) is 66.6 Å². The number of hydrogen-bond donors (Lipinski definition) is 1. The molecule has 0 spiro atoms. The van der Waals surface area contributed by atoms with Crippen LogP contribution in [0.15, 0.2) is 16.5 Å². The number of hydrogen-bond acceptors (Lipinski definition) is 4. The minimum atomic E-state index is -0.967. The van der Waals surface area contributed by atoms with Gasteiger partial charge in [-0.05, 0) is 31.6 Å². The number of oxazole rings is 1. The molecule has 0 saturated carbocycles. The highest BCUT2D eigenvalue weighted by Gasteiger charge is 2.17. The van der Waals surface area contributed by atoms with E-state index in [0.717, 1.165) is 13.1 Å². The fraction of sp³-hybridized carbons (Fsp3) is 0.429. The van der Waals surface area contributed by atoms with Crippen molar-refractivity contribution in [1.29, 1.82) is 0 Å². The average molecular weight is 262 g/mol. The molecule has 0 aliphatic carbocycles. The zero-order valence-electron chi connectivity index (χ0n) is 11.4. The predicted octanol–water partition coefficient (Wildman–Crippen LogP) is 2.68. The summed E-state index contributed by atoms with van der Waals surface area (Å²) in [5, 5.41) is 9.26. The summed E-state index contributed by atoms with van der Waals surface area (Å²) in [5.41, 5.74) is 1.90. The number of fused-ring (bicyclic) bond motifs is 1. The summed E-state index contributed by atoms with van der Waals surface area (Å²) >= 11 is 0. The molecule has 0 atom stereocenters. The molecule has 0 aliphatic rings. The molecular weight excluding hydrogens is 244 g/mol. The van der Waals surface area contributed by atoms with E-state index in [9.17, 15) is 9.90 Å². The summed E-state index contributed by atoms with van der Waals surface area (Å²) in [6.07, 6.45) is 0. The maximum Gasteiger partial charge on any atom is 0.338 e. The molecular formula is C14H18N2O3. The predicted molar refractivity (Wildman–Crippen MR) is 72.3 cm³/mol. The van der Waals surface area contributed by atoms with Gasteiger partial charge in [0.15, 0.2) is 5.58 Å². The van der Waals surface area contributed by atoms with E-state index in [-0.39, 0.29) is 5.56 Å². The Morgan fingerprint density at radius 1 is 1.37 bits per heavy atom. The normalized spacial score (nSPS) is 11.4. The van der Waals surface area contributed by atoms with E-state index >= 15 is 0 Å². The zero-order valence-corrected chi connectivity index (χ0v) is 11.4. The molecule has 0 saturated heterocycles. The highest BCUT2D eigenvalue weighted by molar-refractivity contribution is 6.01. The van der Waals surface area contributed by atoms with Gasteiger partial charge in [-0.25, -0.2) is 9.78 Å². The third-order valence-electron chi connectivity index (χ3n) is 3.28. The first-order valence-corrected chi connectivity index (χ1v) is 6.41. The second kappa shape index (κ2) is 5.40. The minimum Gasteiger partial charge on any atom is -0.478 e. The lowest BCUT2D eigenvalue weighted by Crippen LogP contribution is -2.22. The minimum absolute atomic E-state index is 0.229. The average Bonchev–Trinajstić information content (AvgIpc) is 2.77. The van der Waals surface area contributed by atoms with Crippen molar-refractivity contribution < 1.29 is 14.3 Å². The second-order valence-corrected chi connectivity index (χ2v) is 4.48. The smallest absolute Gasteiger partial charge is 0.338 e. The lowest BCUT2D eigenvalue weighted by molar-refractivity contribution is 0.0698. The van der Waals surface area contributed by atoms with E-state index in [4.69, 9.17) is 4.42 Å². The second-order valence-electron chi connectivity index (χ2n) is 4.48. The SMILES string of the molecule is CCN(CC)Cc1nc2c(C(=O)O)c(C)ccc2o1. The van der Waals surface area contributed by atoms with Crippen LogP contribution >= 0.6 is 0 Å². The fourth-order valence-corrected chi connectivity index (χ4v) is 2.12. The summed E-state index contributed by atoms with van der Waals surface area (Å²) in [7, 11) is 0. The van der Waals surface area contributed by atoms with Gasteiger partial charge in [0.2, 0.25) is 5.89 Å². The van der Waals surface area contributed by atoms with Crippen molar-refractivity contribution in [2.75, 3.05) is 13.1 Å². The molecule has 19 heavy (non-hydrogen) atoms. The van der Waals surface area contributed by atoms with Crippen LogP contribution in [-0.2, 0) is 6.54 Å². The van der Waals surface area contributed by atoms with Crippen LogP contribution in [0.1, 0.15) is 35.7 Å². The molecule has 0 fully saturated rings. The van der Waals surface area contributed by atoms with Crippen LogP contribution in [0.4, 0.5) is 0 Å². The molecule has 2 aromatic rings. The number of carboxylic acids is 1. The monoisotopic (exact) mass is 262 g/mol. The number of aromatic carboxylic acids is 1. The van der Waals surface area contributed by atoms with Crippen molar-refractivity contribution in [3.8, 4) is 0 Å². The lowest BCUT2D eigenvalue weighted by atomic mass is 10.1. The highest BCUT2D eigenvalue weighted by atomic mass is 16.4. The lowest BCUT2D eigenvalue weighted by Gasteiger charge is -2.14. The van der Waals surface area contributed by atoms with Crippen molar-refractivity contribution in [2.45, 2.75) is 27.3 Å². The van der Waals surface area contributed by atoms with Crippen molar-refractivity contribution in [3.05, 3.63) is 29.2 Å². The van der Waals surface area contributed by atoms with Gasteiger partial charge in [-0.3, -0.25) is 4.90 Å². The van der Waals surface area contributed by atoms with E-state index in [1.165, 1.54) is 0 Å². The first kappa shape index (κ1) is 13.5. The molecule has 1 aromatic heterocycles. The fourth-order valence-electron chi connectivity index (χ4n) is 2.12. The standard InChI is InChI=1S/C14H18N2O3/c1-4-16(5-2)8-11-15-13-10(19-11)7-6-9(3)12(13)14(17)18/h6-7H,4-5,8H2,1-3H3,(H,17,18). The van der Waals surface area contributed by atoms with Gasteiger partial charge >= 0.3 is 5.97 Å². The molecule has 1 heterocycles. The number of rotatable bonds is 5. The molecule has 5 heteroatoms. The molecule has 1 aromatic carbocycles. The number of aryl methyl sites for hydroxylation is 1. The van der Waals surface area contributed by atoms with E-state index in [2.05, 4.69) is 23.7 Å². The van der Waals surface area contributed by atoms with Crippen LogP contribution in [-0.4, -0.2) is 34.0 Å². The van der Waals surface area contributed by atoms with Crippen molar-refractivity contribution in [3.63, 3.8) is 0 Å². The Balaban J connectivity index is 2.45. The largest absolute Gasteiger partial charge is 0.478 e. The Kier molecular flexibility index (Phi) is 3.85. The highest BCUT2D eigenvalue weighted by Crippen LogP contribution is 2.23. The summed E-state index contributed by atoms with van der Waals surface area (Å²) in [6, 6.07) is 3.52.